The second-order valence-electron chi connectivity index (χ2n) is 3.53. The van der Waals surface area contributed by atoms with Crippen molar-refractivity contribution in [1.29, 1.82) is 0 Å². The van der Waals surface area contributed by atoms with Gasteiger partial charge in [0.05, 0.1) is 0 Å². The second kappa shape index (κ2) is 4.12. The molecule has 0 aromatic carbocycles. The smallest absolute Gasteiger partial charge is 0.269 e. The number of rotatable bonds is 3. The lowest BCUT2D eigenvalue weighted by Gasteiger charge is -2.36. The minimum absolute atomic E-state index is 0.0258. The molecular formula is C8H2F9NO2. The van der Waals surface area contributed by atoms with Crippen LogP contribution in [0, 0.1) is 0 Å². The predicted molar refractivity (Wildman–Crippen MR) is 41.9 cm³/mol. The molecule has 1 rings (SSSR count). The molecule has 114 valence electrons. The molecular weight excluding hydrogens is 313 g/mol. The van der Waals surface area contributed by atoms with Crippen molar-refractivity contribution in [3.05, 3.63) is 12.2 Å². The van der Waals surface area contributed by atoms with Crippen molar-refractivity contribution in [2.45, 2.75) is 24.1 Å². The van der Waals surface area contributed by atoms with E-state index < -0.39 is 40.8 Å². The Hall–Kier alpha value is -1.75. The molecule has 12 heteroatoms. The summed E-state index contributed by atoms with van der Waals surface area (Å²) in [6, 6.07) is -6.37. The first-order valence-corrected chi connectivity index (χ1v) is 4.44. The highest BCUT2D eigenvalue weighted by Gasteiger charge is 2.84. The van der Waals surface area contributed by atoms with E-state index in [-0.39, 0.29) is 12.2 Å². The molecule has 20 heavy (non-hydrogen) atoms. The number of nitrogens with zero attached hydrogens (tertiary/aromatic N) is 1. The van der Waals surface area contributed by atoms with Crippen LogP contribution in [0.3, 0.4) is 0 Å². The third kappa shape index (κ3) is 1.93. The number of carbonyl (C=O) groups excluding carboxylic acids is 2. The molecule has 0 aromatic rings. The Morgan fingerprint density at radius 3 is 1.35 bits per heavy atom. The first kappa shape index (κ1) is 16.3. The van der Waals surface area contributed by atoms with Gasteiger partial charge in [0.25, 0.3) is 11.8 Å². The molecule has 2 amide bonds. The number of amides is 2. The third-order valence-corrected chi connectivity index (χ3v) is 2.22. The van der Waals surface area contributed by atoms with Crippen molar-refractivity contribution in [1.82, 2.24) is 4.90 Å². The summed E-state index contributed by atoms with van der Waals surface area (Å²) in [5.41, 5.74) is 0. The van der Waals surface area contributed by atoms with Crippen LogP contribution in [0.4, 0.5) is 39.5 Å². The van der Waals surface area contributed by atoms with Gasteiger partial charge in [0, 0.05) is 12.2 Å². The molecule has 1 heterocycles. The van der Waals surface area contributed by atoms with Crippen molar-refractivity contribution in [3.63, 3.8) is 0 Å². The van der Waals surface area contributed by atoms with E-state index in [1.165, 1.54) is 0 Å². The molecule has 1 aliphatic rings. The van der Waals surface area contributed by atoms with E-state index in [1.807, 2.05) is 0 Å². The van der Waals surface area contributed by atoms with E-state index >= 15 is 0 Å². The predicted octanol–water partition coefficient (Wildman–Crippen LogP) is 2.34. The molecule has 0 saturated heterocycles. The van der Waals surface area contributed by atoms with Crippen LogP contribution in [0.5, 0.6) is 0 Å². The highest BCUT2D eigenvalue weighted by Crippen LogP contribution is 2.54. The summed E-state index contributed by atoms with van der Waals surface area (Å²) in [7, 11) is 0. The minimum atomic E-state index is -7.16. The van der Waals surface area contributed by atoms with Crippen LogP contribution >= 0.6 is 0 Å². The number of imide groups is 1. The Labute approximate surface area is 103 Å². The van der Waals surface area contributed by atoms with Gasteiger partial charge in [0.2, 0.25) is 0 Å². The Morgan fingerprint density at radius 1 is 0.700 bits per heavy atom. The Kier molecular flexibility index (Phi) is 3.36. The molecule has 0 aliphatic carbocycles. The maximum atomic E-state index is 13.1. The fourth-order valence-electron chi connectivity index (χ4n) is 1.18. The number of hydrogen-bond acceptors (Lipinski definition) is 2. The number of hydrogen-bond donors (Lipinski definition) is 0. The molecule has 0 bridgehead atoms. The number of halogens is 9. The van der Waals surface area contributed by atoms with Crippen LogP contribution in [0.2, 0.25) is 0 Å². The quantitative estimate of drug-likeness (QED) is 0.455. The molecule has 0 aromatic heterocycles. The van der Waals surface area contributed by atoms with Gasteiger partial charge in [-0.2, -0.15) is 39.5 Å². The van der Waals surface area contributed by atoms with Crippen molar-refractivity contribution in [2.24, 2.45) is 0 Å². The van der Waals surface area contributed by atoms with Crippen LogP contribution in [0.1, 0.15) is 0 Å². The van der Waals surface area contributed by atoms with E-state index in [0.717, 1.165) is 0 Å². The first-order valence-electron chi connectivity index (χ1n) is 4.44. The van der Waals surface area contributed by atoms with Crippen LogP contribution in [-0.4, -0.2) is 40.8 Å². The number of carbonyl (C=O) groups is 2. The summed E-state index contributed by atoms with van der Waals surface area (Å²) in [5.74, 6) is -18.5. The standard InChI is InChI=1S/C8H2F9NO2/c9-5(10,7(13,14)15)6(11,12)8(16,17)18-3(19)1-2-4(18)20/h1-2H. The zero-order chi connectivity index (χ0) is 16.1. The molecule has 0 unspecified atom stereocenters. The fourth-order valence-corrected chi connectivity index (χ4v) is 1.18. The van der Waals surface area contributed by atoms with Crippen LogP contribution in [-0.2, 0) is 9.59 Å². The van der Waals surface area contributed by atoms with Crippen LogP contribution in [0.15, 0.2) is 12.2 Å². The van der Waals surface area contributed by atoms with Gasteiger partial charge in [-0.15, -0.1) is 0 Å². The Bertz CT molecular complexity index is 461. The fraction of sp³-hybridized carbons (Fsp3) is 0.500. The van der Waals surface area contributed by atoms with E-state index in [0.29, 0.717) is 0 Å². The van der Waals surface area contributed by atoms with Crippen molar-refractivity contribution < 1.29 is 49.1 Å². The lowest BCUT2D eigenvalue weighted by molar-refractivity contribution is -0.410. The second-order valence-corrected chi connectivity index (χ2v) is 3.53. The molecule has 3 nitrogen and oxygen atoms in total. The van der Waals surface area contributed by atoms with E-state index in [2.05, 4.69) is 0 Å². The maximum Gasteiger partial charge on any atom is 0.460 e. The molecule has 0 atom stereocenters. The largest absolute Gasteiger partial charge is 0.460 e. The number of alkyl halides is 9. The van der Waals surface area contributed by atoms with E-state index in [9.17, 15) is 49.1 Å². The highest BCUT2D eigenvalue weighted by molar-refractivity contribution is 6.13. The van der Waals surface area contributed by atoms with Gasteiger partial charge in [-0.1, -0.05) is 0 Å². The minimum Gasteiger partial charge on any atom is -0.269 e. The van der Waals surface area contributed by atoms with Crippen molar-refractivity contribution in [3.8, 4) is 0 Å². The Morgan fingerprint density at radius 2 is 1.05 bits per heavy atom. The van der Waals surface area contributed by atoms with Gasteiger partial charge in [-0.05, 0) is 0 Å². The van der Waals surface area contributed by atoms with Gasteiger partial charge in [-0.25, -0.2) is 4.90 Å². The summed E-state index contributed by atoms with van der Waals surface area (Å²) >= 11 is 0. The maximum absolute atomic E-state index is 13.1. The Balaban J connectivity index is 3.33. The average Bonchev–Trinajstić information content (AvgIpc) is 2.56. The van der Waals surface area contributed by atoms with Gasteiger partial charge >= 0.3 is 24.1 Å². The van der Waals surface area contributed by atoms with Gasteiger partial charge in [-0.3, -0.25) is 9.59 Å². The molecule has 0 fully saturated rings. The summed E-state index contributed by atoms with van der Waals surface area (Å²) in [6.07, 6.45) is -6.96. The monoisotopic (exact) mass is 315 g/mol. The van der Waals surface area contributed by atoms with Crippen molar-refractivity contribution in [2.75, 3.05) is 0 Å². The molecule has 0 saturated carbocycles. The summed E-state index contributed by atoms with van der Waals surface area (Å²) < 4.78 is 112. The summed E-state index contributed by atoms with van der Waals surface area (Å²) in [5, 5.41) is 0. The van der Waals surface area contributed by atoms with Gasteiger partial charge in [0.1, 0.15) is 0 Å². The van der Waals surface area contributed by atoms with E-state index in [1.54, 1.807) is 0 Å². The summed E-state index contributed by atoms with van der Waals surface area (Å²) in [6.45, 7) is 0. The lowest BCUT2D eigenvalue weighted by atomic mass is 10.1. The zero-order valence-electron chi connectivity index (χ0n) is 8.82. The topological polar surface area (TPSA) is 37.4 Å². The normalized spacial score (nSPS) is 18.1. The molecule has 0 N–H and O–H groups in total. The van der Waals surface area contributed by atoms with Crippen LogP contribution in [0.25, 0.3) is 0 Å². The van der Waals surface area contributed by atoms with E-state index in [4.69, 9.17) is 0 Å². The molecule has 1 aliphatic heterocycles. The van der Waals surface area contributed by atoms with Gasteiger partial charge < -0.3 is 0 Å². The van der Waals surface area contributed by atoms with Crippen LogP contribution < -0.4 is 0 Å². The SMILES string of the molecule is O=C1C=CC(=O)N1C(F)(F)C(F)(F)C(F)(F)C(F)(F)F. The molecule has 0 radical (unpaired) electrons. The van der Waals surface area contributed by atoms with Gasteiger partial charge in [0.15, 0.2) is 0 Å². The molecule has 0 spiro atoms. The lowest BCUT2D eigenvalue weighted by Crippen LogP contribution is -2.67. The highest BCUT2D eigenvalue weighted by atomic mass is 19.4. The summed E-state index contributed by atoms with van der Waals surface area (Å²) in [4.78, 5) is 19.8. The zero-order valence-corrected chi connectivity index (χ0v) is 8.82. The van der Waals surface area contributed by atoms with Crippen molar-refractivity contribution >= 4 is 11.8 Å². The first-order chi connectivity index (χ1) is 8.68. The average molecular weight is 315 g/mol. The third-order valence-electron chi connectivity index (χ3n) is 2.22.